The topological polar surface area (TPSA) is 40.5 Å². The first-order valence-corrected chi connectivity index (χ1v) is 6.46. The number of carbonyl (C=O) groups is 1. The smallest absolute Gasteiger partial charge is 0.320 e. The molecule has 1 saturated heterocycles. The zero-order chi connectivity index (χ0) is 11.5. The highest BCUT2D eigenvalue weighted by molar-refractivity contribution is 14.1. The molecule has 0 bridgehead atoms. The summed E-state index contributed by atoms with van der Waals surface area (Å²) in [7, 11) is 0. The fraction of sp³-hybridized carbons (Fsp3) is 0.417. The Labute approximate surface area is 109 Å². The molecule has 2 rings (SSSR count). The number of halogens is 1. The summed E-state index contributed by atoms with van der Waals surface area (Å²) in [5.41, 5.74) is 1.19. The second-order valence-electron chi connectivity index (χ2n) is 4.09. The first-order chi connectivity index (χ1) is 7.66. The Kier molecular flexibility index (Phi) is 3.81. The molecule has 86 valence electrons. The standard InChI is InChI=1S/C12H14INO2/c13-10-5-3-9(4-6-10)8-14-7-1-2-11(14)12(15)16/h3-6,11H,1-2,7-8H2,(H,15,16). The zero-order valence-corrected chi connectivity index (χ0v) is 11.1. The van der Waals surface area contributed by atoms with Crippen LogP contribution in [0.1, 0.15) is 18.4 Å². The second kappa shape index (κ2) is 5.14. The molecule has 0 spiro atoms. The predicted molar refractivity (Wildman–Crippen MR) is 70.2 cm³/mol. The maximum absolute atomic E-state index is 11.0. The number of carboxylic acid groups (broad SMARTS) is 1. The largest absolute Gasteiger partial charge is 0.480 e. The van der Waals surface area contributed by atoms with Crippen molar-refractivity contribution >= 4 is 28.6 Å². The van der Waals surface area contributed by atoms with Gasteiger partial charge in [-0.25, -0.2) is 0 Å². The predicted octanol–water partition coefficient (Wildman–Crippen LogP) is 2.34. The Balaban J connectivity index is 2.03. The molecule has 0 aliphatic carbocycles. The van der Waals surface area contributed by atoms with E-state index in [1.54, 1.807) is 0 Å². The maximum Gasteiger partial charge on any atom is 0.320 e. The molecule has 3 nitrogen and oxygen atoms in total. The van der Waals surface area contributed by atoms with E-state index in [0.29, 0.717) is 0 Å². The lowest BCUT2D eigenvalue weighted by Gasteiger charge is -2.20. The molecule has 1 N–H and O–H groups in total. The number of hydrogen-bond acceptors (Lipinski definition) is 2. The molecule has 1 aliphatic heterocycles. The van der Waals surface area contributed by atoms with Crippen LogP contribution in [-0.2, 0) is 11.3 Å². The van der Waals surface area contributed by atoms with Crippen molar-refractivity contribution in [3.8, 4) is 0 Å². The Morgan fingerprint density at radius 2 is 2.12 bits per heavy atom. The van der Waals surface area contributed by atoms with Gasteiger partial charge in [0.25, 0.3) is 0 Å². The highest BCUT2D eigenvalue weighted by Gasteiger charge is 2.29. The molecule has 1 unspecified atom stereocenters. The lowest BCUT2D eigenvalue weighted by atomic mass is 10.2. The van der Waals surface area contributed by atoms with Crippen molar-refractivity contribution in [3.05, 3.63) is 33.4 Å². The van der Waals surface area contributed by atoms with Gasteiger partial charge in [0, 0.05) is 10.1 Å². The van der Waals surface area contributed by atoms with E-state index in [1.165, 1.54) is 9.13 Å². The van der Waals surface area contributed by atoms with Crippen molar-refractivity contribution in [3.63, 3.8) is 0 Å². The van der Waals surface area contributed by atoms with Crippen LogP contribution in [0.2, 0.25) is 0 Å². The van der Waals surface area contributed by atoms with Crippen molar-refractivity contribution < 1.29 is 9.90 Å². The van der Waals surface area contributed by atoms with Crippen LogP contribution >= 0.6 is 22.6 Å². The molecule has 1 heterocycles. The van der Waals surface area contributed by atoms with E-state index >= 15 is 0 Å². The van der Waals surface area contributed by atoms with Crippen LogP contribution in [0, 0.1) is 3.57 Å². The molecule has 0 radical (unpaired) electrons. The van der Waals surface area contributed by atoms with Gasteiger partial charge in [-0.05, 0) is 59.7 Å². The van der Waals surface area contributed by atoms with Gasteiger partial charge in [0.1, 0.15) is 6.04 Å². The van der Waals surface area contributed by atoms with Crippen molar-refractivity contribution in [2.75, 3.05) is 6.54 Å². The third-order valence-corrected chi connectivity index (χ3v) is 3.67. The van der Waals surface area contributed by atoms with Gasteiger partial charge >= 0.3 is 5.97 Å². The number of benzene rings is 1. The van der Waals surface area contributed by atoms with Gasteiger partial charge < -0.3 is 5.11 Å². The summed E-state index contributed by atoms with van der Waals surface area (Å²) in [6.07, 6.45) is 1.76. The van der Waals surface area contributed by atoms with Crippen molar-refractivity contribution in [2.45, 2.75) is 25.4 Å². The SMILES string of the molecule is O=C(O)C1CCCN1Cc1ccc(I)cc1. The maximum atomic E-state index is 11.0. The zero-order valence-electron chi connectivity index (χ0n) is 8.90. The fourth-order valence-corrected chi connectivity index (χ4v) is 2.48. The number of likely N-dealkylation sites (tertiary alicyclic amines) is 1. The van der Waals surface area contributed by atoms with E-state index in [2.05, 4.69) is 46.9 Å². The highest BCUT2D eigenvalue weighted by atomic mass is 127. The van der Waals surface area contributed by atoms with E-state index in [-0.39, 0.29) is 6.04 Å². The summed E-state index contributed by atoms with van der Waals surface area (Å²) in [5, 5.41) is 9.06. The number of hydrogen-bond donors (Lipinski definition) is 1. The first kappa shape index (κ1) is 11.9. The van der Waals surface area contributed by atoms with Crippen LogP contribution in [0.3, 0.4) is 0 Å². The van der Waals surface area contributed by atoms with Gasteiger partial charge in [-0.1, -0.05) is 12.1 Å². The molecule has 1 atom stereocenters. The fourth-order valence-electron chi connectivity index (χ4n) is 2.12. The number of rotatable bonds is 3. The third kappa shape index (κ3) is 2.74. The average Bonchev–Trinajstić information content (AvgIpc) is 2.69. The van der Waals surface area contributed by atoms with Crippen LogP contribution in [-0.4, -0.2) is 28.6 Å². The number of aliphatic carboxylic acids is 1. The minimum absolute atomic E-state index is 0.292. The summed E-state index contributed by atoms with van der Waals surface area (Å²) in [6.45, 7) is 1.64. The molecule has 0 aromatic heterocycles. The van der Waals surface area contributed by atoms with Gasteiger partial charge in [-0.2, -0.15) is 0 Å². The Morgan fingerprint density at radius 3 is 2.75 bits per heavy atom. The molecule has 1 fully saturated rings. The Bertz CT molecular complexity index is 377. The summed E-state index contributed by atoms with van der Waals surface area (Å²) >= 11 is 2.27. The van der Waals surface area contributed by atoms with E-state index in [1.807, 2.05) is 4.90 Å². The van der Waals surface area contributed by atoms with Crippen LogP contribution in [0.15, 0.2) is 24.3 Å². The lowest BCUT2D eigenvalue weighted by molar-refractivity contribution is -0.142. The van der Waals surface area contributed by atoms with Gasteiger partial charge in [0.15, 0.2) is 0 Å². The molecular formula is C12H14INO2. The van der Waals surface area contributed by atoms with Gasteiger partial charge in [0.05, 0.1) is 0 Å². The third-order valence-electron chi connectivity index (χ3n) is 2.95. The summed E-state index contributed by atoms with van der Waals surface area (Å²) in [4.78, 5) is 13.1. The van der Waals surface area contributed by atoms with Crippen LogP contribution in [0.5, 0.6) is 0 Å². The minimum Gasteiger partial charge on any atom is -0.480 e. The molecule has 0 saturated carbocycles. The summed E-state index contributed by atoms with van der Waals surface area (Å²) in [6, 6.07) is 7.96. The molecule has 1 aromatic carbocycles. The monoisotopic (exact) mass is 331 g/mol. The van der Waals surface area contributed by atoms with Crippen LogP contribution in [0.4, 0.5) is 0 Å². The molecular weight excluding hydrogens is 317 g/mol. The summed E-state index contributed by atoms with van der Waals surface area (Å²) < 4.78 is 1.21. The minimum atomic E-state index is -0.692. The van der Waals surface area contributed by atoms with Gasteiger partial charge in [0.2, 0.25) is 0 Å². The van der Waals surface area contributed by atoms with Crippen LogP contribution in [0.25, 0.3) is 0 Å². The first-order valence-electron chi connectivity index (χ1n) is 5.38. The molecule has 0 amide bonds. The van der Waals surface area contributed by atoms with Gasteiger partial charge in [-0.3, -0.25) is 9.69 Å². The average molecular weight is 331 g/mol. The normalized spacial score (nSPS) is 21.2. The van der Waals surface area contributed by atoms with Crippen molar-refractivity contribution in [1.82, 2.24) is 4.90 Å². The number of carboxylic acids is 1. The molecule has 4 heteroatoms. The highest BCUT2D eigenvalue weighted by Crippen LogP contribution is 2.20. The van der Waals surface area contributed by atoms with E-state index in [4.69, 9.17) is 5.11 Å². The molecule has 1 aromatic rings. The molecule has 1 aliphatic rings. The number of nitrogens with zero attached hydrogens (tertiary/aromatic N) is 1. The summed E-state index contributed by atoms with van der Waals surface area (Å²) in [5.74, 6) is -0.692. The van der Waals surface area contributed by atoms with Crippen molar-refractivity contribution in [2.24, 2.45) is 0 Å². The van der Waals surface area contributed by atoms with E-state index < -0.39 is 5.97 Å². The Morgan fingerprint density at radius 1 is 1.44 bits per heavy atom. The second-order valence-corrected chi connectivity index (χ2v) is 5.34. The van der Waals surface area contributed by atoms with Crippen molar-refractivity contribution in [1.29, 1.82) is 0 Å². The van der Waals surface area contributed by atoms with E-state index in [9.17, 15) is 4.79 Å². The van der Waals surface area contributed by atoms with Gasteiger partial charge in [-0.15, -0.1) is 0 Å². The quantitative estimate of drug-likeness (QED) is 0.865. The molecule has 16 heavy (non-hydrogen) atoms. The Hall–Kier alpha value is -0.620. The lowest BCUT2D eigenvalue weighted by Crippen LogP contribution is -2.35. The van der Waals surface area contributed by atoms with E-state index in [0.717, 1.165) is 25.9 Å². The van der Waals surface area contributed by atoms with Crippen LogP contribution < -0.4 is 0 Å².